The first-order chi connectivity index (χ1) is 12.0. The Balaban J connectivity index is 2.03. The van der Waals surface area contributed by atoms with Crippen LogP contribution in [0.4, 0.5) is 4.39 Å². The molecule has 0 aliphatic carbocycles. The number of nitrogens with one attached hydrogen (secondary N) is 2. The molecule has 138 valence electrons. The molecule has 1 saturated heterocycles. The lowest BCUT2D eigenvalue weighted by molar-refractivity contribution is -0.134. The maximum Gasteiger partial charge on any atom is 0.237 e. The Kier molecular flexibility index (Phi) is 7.52. The van der Waals surface area contributed by atoms with Gasteiger partial charge in [-0.05, 0) is 12.3 Å². The molecule has 1 aromatic rings. The molecule has 0 aromatic heterocycles. The number of halogens is 1. The number of benzene rings is 1. The monoisotopic (exact) mass is 369 g/mol. The van der Waals surface area contributed by atoms with Gasteiger partial charge in [0.15, 0.2) is 0 Å². The summed E-state index contributed by atoms with van der Waals surface area (Å²) in [6, 6.07) is 4.07. The van der Waals surface area contributed by atoms with Gasteiger partial charge in [0.25, 0.3) is 0 Å². The molecule has 25 heavy (non-hydrogen) atoms. The molecule has 2 amide bonds. The van der Waals surface area contributed by atoms with Gasteiger partial charge in [-0.15, -0.1) is 0 Å². The van der Waals surface area contributed by atoms with Gasteiger partial charge in [-0.3, -0.25) is 14.5 Å². The van der Waals surface area contributed by atoms with Crippen LogP contribution in [0.3, 0.4) is 0 Å². The van der Waals surface area contributed by atoms with Crippen molar-refractivity contribution in [2.45, 2.75) is 19.0 Å². The van der Waals surface area contributed by atoms with E-state index < -0.39 is 6.04 Å². The van der Waals surface area contributed by atoms with Gasteiger partial charge >= 0.3 is 0 Å². The van der Waals surface area contributed by atoms with Crippen LogP contribution in [0, 0.1) is 5.82 Å². The molecule has 1 aromatic carbocycles. The van der Waals surface area contributed by atoms with E-state index >= 15 is 0 Å². The lowest BCUT2D eigenvalue weighted by atomic mass is 10.1. The minimum Gasteiger partial charge on any atom is -0.497 e. The van der Waals surface area contributed by atoms with Crippen LogP contribution >= 0.6 is 11.8 Å². The minimum absolute atomic E-state index is 0.0674. The van der Waals surface area contributed by atoms with Crippen molar-refractivity contribution in [3.8, 4) is 5.75 Å². The predicted molar refractivity (Wildman–Crippen MR) is 96.2 cm³/mol. The van der Waals surface area contributed by atoms with Crippen molar-refractivity contribution in [1.82, 2.24) is 15.5 Å². The molecule has 0 saturated carbocycles. The van der Waals surface area contributed by atoms with E-state index in [4.69, 9.17) is 4.74 Å². The van der Waals surface area contributed by atoms with E-state index in [-0.39, 0.29) is 30.6 Å². The SMILES string of the molecule is COc1ccc(CN2CCNC(=O)[C@@H]2CC(=O)NCCSC)c(F)c1. The van der Waals surface area contributed by atoms with Crippen LogP contribution in [-0.4, -0.2) is 61.5 Å². The molecule has 0 unspecified atom stereocenters. The maximum atomic E-state index is 14.2. The highest BCUT2D eigenvalue weighted by Gasteiger charge is 2.31. The van der Waals surface area contributed by atoms with Crippen molar-refractivity contribution in [1.29, 1.82) is 0 Å². The van der Waals surface area contributed by atoms with Crippen LogP contribution in [0.25, 0.3) is 0 Å². The van der Waals surface area contributed by atoms with Gasteiger partial charge in [-0.25, -0.2) is 4.39 Å². The Labute approximate surface area is 151 Å². The number of carbonyl (C=O) groups is 2. The molecule has 1 fully saturated rings. The first-order valence-corrected chi connectivity index (χ1v) is 9.54. The summed E-state index contributed by atoms with van der Waals surface area (Å²) in [7, 11) is 1.48. The number of thioether (sulfide) groups is 1. The Morgan fingerprint density at radius 3 is 3.00 bits per heavy atom. The van der Waals surface area contributed by atoms with Crippen LogP contribution in [0.2, 0.25) is 0 Å². The first-order valence-electron chi connectivity index (χ1n) is 8.15. The summed E-state index contributed by atoms with van der Waals surface area (Å²) in [6.07, 6.45) is 2.03. The van der Waals surface area contributed by atoms with E-state index in [0.29, 0.717) is 30.9 Å². The maximum absolute atomic E-state index is 14.2. The molecule has 8 heteroatoms. The van der Waals surface area contributed by atoms with Crippen molar-refractivity contribution in [2.24, 2.45) is 0 Å². The van der Waals surface area contributed by atoms with E-state index in [1.165, 1.54) is 13.2 Å². The number of rotatable bonds is 8. The highest BCUT2D eigenvalue weighted by Crippen LogP contribution is 2.20. The minimum atomic E-state index is -0.593. The van der Waals surface area contributed by atoms with Crippen molar-refractivity contribution >= 4 is 23.6 Å². The number of carbonyl (C=O) groups excluding carboxylic acids is 2. The molecule has 0 radical (unpaired) electrons. The highest BCUT2D eigenvalue weighted by molar-refractivity contribution is 7.98. The lowest BCUT2D eigenvalue weighted by Crippen LogP contribution is -2.56. The second-order valence-corrected chi connectivity index (χ2v) is 6.77. The van der Waals surface area contributed by atoms with Gasteiger partial charge in [0.2, 0.25) is 11.8 Å². The number of hydrogen-bond donors (Lipinski definition) is 2. The summed E-state index contributed by atoms with van der Waals surface area (Å²) in [5.74, 6) is 0.524. The second kappa shape index (κ2) is 9.62. The molecule has 0 spiro atoms. The van der Waals surface area contributed by atoms with Gasteiger partial charge in [0.1, 0.15) is 11.6 Å². The number of nitrogens with zero attached hydrogens (tertiary/aromatic N) is 1. The van der Waals surface area contributed by atoms with Gasteiger partial charge < -0.3 is 15.4 Å². The fourth-order valence-corrected chi connectivity index (χ4v) is 3.02. The fraction of sp³-hybridized carbons (Fsp3) is 0.529. The summed E-state index contributed by atoms with van der Waals surface area (Å²) < 4.78 is 19.2. The van der Waals surface area contributed by atoms with Crippen LogP contribution in [0.1, 0.15) is 12.0 Å². The number of amides is 2. The van der Waals surface area contributed by atoms with Gasteiger partial charge in [0, 0.05) is 43.6 Å². The van der Waals surface area contributed by atoms with E-state index in [1.54, 1.807) is 23.9 Å². The summed E-state index contributed by atoms with van der Waals surface area (Å²) in [4.78, 5) is 26.1. The smallest absolute Gasteiger partial charge is 0.237 e. The largest absolute Gasteiger partial charge is 0.497 e. The molecule has 2 rings (SSSR count). The van der Waals surface area contributed by atoms with Crippen molar-refractivity contribution in [3.05, 3.63) is 29.6 Å². The highest BCUT2D eigenvalue weighted by atomic mass is 32.2. The summed E-state index contributed by atoms with van der Waals surface area (Å²) in [6.45, 7) is 1.90. The quantitative estimate of drug-likeness (QED) is 0.669. The molecule has 2 N–H and O–H groups in total. The molecule has 1 aliphatic rings. The van der Waals surface area contributed by atoms with E-state index in [9.17, 15) is 14.0 Å². The van der Waals surface area contributed by atoms with Crippen molar-refractivity contribution in [3.63, 3.8) is 0 Å². The number of hydrogen-bond acceptors (Lipinski definition) is 5. The van der Waals surface area contributed by atoms with Crippen LogP contribution in [0.5, 0.6) is 5.75 Å². The molecule has 1 aliphatic heterocycles. The van der Waals surface area contributed by atoms with E-state index in [0.717, 1.165) is 5.75 Å². The van der Waals surface area contributed by atoms with Gasteiger partial charge in [-0.2, -0.15) is 11.8 Å². The summed E-state index contributed by atoms with van der Waals surface area (Å²) in [5, 5.41) is 5.58. The topological polar surface area (TPSA) is 70.7 Å². The zero-order chi connectivity index (χ0) is 18.2. The third-order valence-corrected chi connectivity index (χ3v) is 4.69. The molecular weight excluding hydrogens is 345 g/mol. The second-order valence-electron chi connectivity index (χ2n) is 5.78. The average molecular weight is 369 g/mol. The zero-order valence-electron chi connectivity index (χ0n) is 14.5. The predicted octanol–water partition coefficient (Wildman–Crippen LogP) is 1.00. The molecule has 6 nitrogen and oxygen atoms in total. The Hall–Kier alpha value is -1.80. The first kappa shape index (κ1) is 19.5. The normalized spacial score (nSPS) is 17.9. The summed E-state index contributed by atoms with van der Waals surface area (Å²) >= 11 is 1.64. The fourth-order valence-electron chi connectivity index (χ4n) is 2.72. The molecule has 0 bridgehead atoms. The third-order valence-electron chi connectivity index (χ3n) is 4.08. The number of piperazine rings is 1. The Morgan fingerprint density at radius 2 is 2.32 bits per heavy atom. The van der Waals surface area contributed by atoms with Gasteiger partial charge in [-0.1, -0.05) is 6.07 Å². The standard InChI is InChI=1S/C17H24FN3O3S/c1-24-13-4-3-12(14(18)9-13)11-21-7-5-20-17(23)15(21)10-16(22)19-6-8-25-2/h3-4,9,15H,5-8,10-11H2,1-2H3,(H,19,22)(H,20,23)/t15-/m0/s1. The number of methoxy groups -OCH3 is 1. The van der Waals surface area contributed by atoms with Crippen molar-refractivity contribution in [2.75, 3.05) is 38.8 Å². The van der Waals surface area contributed by atoms with E-state index in [2.05, 4.69) is 10.6 Å². The molecule has 1 heterocycles. The van der Waals surface area contributed by atoms with Crippen LogP contribution < -0.4 is 15.4 Å². The van der Waals surface area contributed by atoms with E-state index in [1.807, 2.05) is 11.2 Å². The third kappa shape index (κ3) is 5.61. The van der Waals surface area contributed by atoms with Gasteiger partial charge in [0.05, 0.1) is 19.6 Å². The average Bonchev–Trinajstić information content (AvgIpc) is 2.59. The van der Waals surface area contributed by atoms with Crippen molar-refractivity contribution < 1.29 is 18.7 Å². The van der Waals surface area contributed by atoms with Crippen LogP contribution in [-0.2, 0) is 16.1 Å². The summed E-state index contributed by atoms with van der Waals surface area (Å²) in [5.41, 5.74) is 0.475. The Morgan fingerprint density at radius 1 is 1.52 bits per heavy atom. The molecular formula is C17H24FN3O3S. The van der Waals surface area contributed by atoms with Crippen LogP contribution in [0.15, 0.2) is 18.2 Å². The number of ether oxygens (including phenoxy) is 1. The molecule has 1 atom stereocenters. The lowest BCUT2D eigenvalue weighted by Gasteiger charge is -2.34. The zero-order valence-corrected chi connectivity index (χ0v) is 15.3. The Bertz CT molecular complexity index is 615.